The predicted molar refractivity (Wildman–Crippen MR) is 200 cm³/mol. The van der Waals surface area contributed by atoms with Crippen LogP contribution in [0.15, 0.2) is 67.0 Å². The number of likely N-dealkylation sites (tertiary alicyclic amines) is 1. The molecular weight excluding hydrogens is 678 g/mol. The lowest BCUT2D eigenvalue weighted by molar-refractivity contribution is -0.144. The average molecular weight is 722 g/mol. The number of pyridine rings is 1. The number of carbonyl (C=O) groups is 2. The van der Waals surface area contributed by atoms with Crippen LogP contribution in [0.3, 0.4) is 0 Å². The number of aromatic nitrogens is 1. The van der Waals surface area contributed by atoms with Crippen molar-refractivity contribution in [2.75, 3.05) is 39.8 Å². The highest BCUT2D eigenvalue weighted by atomic mass is 35.5. The highest BCUT2D eigenvalue weighted by Gasteiger charge is 2.29. The summed E-state index contributed by atoms with van der Waals surface area (Å²) in [4.78, 5) is 35.9. The molecule has 2 fully saturated rings. The van der Waals surface area contributed by atoms with Crippen molar-refractivity contribution in [3.63, 3.8) is 0 Å². The van der Waals surface area contributed by atoms with Crippen LogP contribution >= 0.6 is 11.6 Å². The normalized spacial score (nSPS) is 16.7. The molecule has 2 aliphatic heterocycles. The summed E-state index contributed by atoms with van der Waals surface area (Å²) in [6, 6.07) is 18.8. The molecule has 10 nitrogen and oxygen atoms in total. The molecule has 2 aliphatic rings. The lowest BCUT2D eigenvalue weighted by Gasteiger charge is -2.33. The minimum atomic E-state index is -0.839. The molecule has 11 heteroatoms. The van der Waals surface area contributed by atoms with Gasteiger partial charge in [0, 0.05) is 67.9 Å². The van der Waals surface area contributed by atoms with Crippen molar-refractivity contribution in [1.82, 2.24) is 19.7 Å². The van der Waals surface area contributed by atoms with Crippen molar-refractivity contribution in [1.29, 1.82) is 5.26 Å². The predicted octanol–water partition coefficient (Wildman–Crippen LogP) is 6.88. The van der Waals surface area contributed by atoms with Gasteiger partial charge in [-0.25, -0.2) is 0 Å². The van der Waals surface area contributed by atoms with Crippen LogP contribution in [-0.2, 0) is 24.6 Å². The molecule has 0 spiro atoms. The van der Waals surface area contributed by atoms with Gasteiger partial charge in [0.05, 0.1) is 10.6 Å². The maximum absolute atomic E-state index is 13.5. The Bertz CT molecular complexity index is 1990. The zero-order valence-corrected chi connectivity index (χ0v) is 30.7. The number of piperidine rings is 1. The second-order valence-corrected chi connectivity index (χ2v) is 14.1. The van der Waals surface area contributed by atoms with E-state index in [0.717, 1.165) is 70.4 Å². The maximum atomic E-state index is 13.5. The fourth-order valence-electron chi connectivity index (χ4n) is 7.04. The van der Waals surface area contributed by atoms with Crippen LogP contribution in [0.1, 0.15) is 63.0 Å². The Morgan fingerprint density at radius 2 is 1.63 bits per heavy atom. The number of nitriles is 1. The molecule has 1 amide bonds. The first-order valence-corrected chi connectivity index (χ1v) is 18.1. The molecule has 4 aromatic rings. The van der Waals surface area contributed by atoms with Crippen molar-refractivity contribution >= 4 is 23.5 Å². The minimum Gasteiger partial charge on any atom is -0.488 e. The van der Waals surface area contributed by atoms with E-state index in [2.05, 4.69) is 42.1 Å². The number of benzene rings is 3. The summed E-state index contributed by atoms with van der Waals surface area (Å²) in [7, 11) is 2.08. The Hall–Kier alpha value is -4.95. The van der Waals surface area contributed by atoms with Gasteiger partial charge in [-0.1, -0.05) is 48.4 Å². The summed E-state index contributed by atoms with van der Waals surface area (Å²) in [6.45, 7) is 8.62. The second kappa shape index (κ2) is 16.6. The van der Waals surface area contributed by atoms with Crippen LogP contribution in [0, 0.1) is 25.2 Å². The highest BCUT2D eigenvalue weighted by molar-refractivity contribution is 6.32. The molecule has 3 heterocycles. The third-order valence-corrected chi connectivity index (χ3v) is 10.5. The monoisotopic (exact) mass is 721 g/mol. The van der Waals surface area contributed by atoms with Crippen LogP contribution in [0.25, 0.3) is 11.1 Å². The smallest absolute Gasteiger partial charge is 0.320 e. The summed E-state index contributed by atoms with van der Waals surface area (Å²) in [5.41, 5.74) is 7.60. The number of halogens is 1. The number of hydrogen-bond acceptors (Lipinski definition) is 8. The van der Waals surface area contributed by atoms with Gasteiger partial charge in [-0.05, 0) is 86.3 Å². The Kier molecular flexibility index (Phi) is 11.8. The topological polar surface area (TPSA) is 119 Å². The molecule has 6 rings (SSSR count). The number of aliphatic carboxylic acids is 1. The van der Waals surface area contributed by atoms with Crippen molar-refractivity contribution in [2.24, 2.45) is 0 Å². The van der Waals surface area contributed by atoms with E-state index in [9.17, 15) is 20.0 Å². The van der Waals surface area contributed by atoms with Gasteiger partial charge >= 0.3 is 5.97 Å². The number of hydrogen-bond donors (Lipinski definition) is 1. The summed E-state index contributed by atoms with van der Waals surface area (Å²) in [5, 5.41) is 19.6. The largest absolute Gasteiger partial charge is 0.488 e. The third-order valence-electron chi connectivity index (χ3n) is 10.2. The Morgan fingerprint density at radius 3 is 2.38 bits per heavy atom. The van der Waals surface area contributed by atoms with E-state index in [0.29, 0.717) is 54.7 Å². The fourth-order valence-corrected chi connectivity index (χ4v) is 7.28. The molecule has 270 valence electrons. The molecule has 0 radical (unpaired) electrons. The van der Waals surface area contributed by atoms with E-state index in [4.69, 9.17) is 21.1 Å². The number of nitrogens with zero attached hydrogens (tertiary/aromatic N) is 5. The van der Waals surface area contributed by atoms with Gasteiger partial charge in [0.15, 0.2) is 0 Å². The van der Waals surface area contributed by atoms with Gasteiger partial charge in [0.25, 0.3) is 5.91 Å². The molecule has 1 N–H and O–H groups in total. The molecular formula is C41H44ClN5O5. The van der Waals surface area contributed by atoms with Crippen molar-refractivity contribution in [2.45, 2.75) is 58.9 Å². The maximum Gasteiger partial charge on any atom is 0.320 e. The Labute approximate surface area is 310 Å². The van der Waals surface area contributed by atoms with E-state index in [1.165, 1.54) is 6.20 Å². The van der Waals surface area contributed by atoms with Crippen LogP contribution < -0.4 is 9.47 Å². The number of likely N-dealkylation sites (N-methyl/N-ethyl adjacent to an activating group) is 1. The second-order valence-electron chi connectivity index (χ2n) is 13.6. The van der Waals surface area contributed by atoms with Gasteiger partial charge in [0.2, 0.25) is 0 Å². The quantitative estimate of drug-likeness (QED) is 0.177. The standard InChI is InChI=1S/C41H44ClN5O5/c1-27-31(8-6-9-33(27)34-10-7-11-35(28(34)2)40(48)46-16-14-45(3)15-17-46)26-52-39-20-38(51-25-30-18-29(21-43)22-44-23-30)32(19-36(39)42)24-47-13-5-4-12-37(47)41(49)50/h6-11,18-20,22-23,37H,4-5,12-17,24-26H2,1-3H3,(H,49,50)/t37-/m0/s1. The van der Waals surface area contributed by atoms with Gasteiger partial charge in [-0.15, -0.1) is 0 Å². The summed E-state index contributed by atoms with van der Waals surface area (Å²) >= 11 is 6.85. The summed E-state index contributed by atoms with van der Waals surface area (Å²) in [5.74, 6) is 0.167. The van der Waals surface area contributed by atoms with Gasteiger partial charge in [-0.2, -0.15) is 5.26 Å². The van der Waals surface area contributed by atoms with Crippen molar-refractivity contribution < 1.29 is 24.2 Å². The zero-order valence-electron chi connectivity index (χ0n) is 29.9. The van der Waals surface area contributed by atoms with Crippen LogP contribution in [0.2, 0.25) is 5.02 Å². The summed E-state index contributed by atoms with van der Waals surface area (Å²) in [6.07, 6.45) is 5.51. The molecule has 0 aliphatic carbocycles. The van der Waals surface area contributed by atoms with E-state index in [-0.39, 0.29) is 19.1 Å². The number of ether oxygens (including phenoxy) is 2. The first-order chi connectivity index (χ1) is 25.1. The lowest BCUT2D eigenvalue weighted by Crippen LogP contribution is -2.47. The number of amides is 1. The number of rotatable bonds is 11. The molecule has 0 saturated carbocycles. The van der Waals surface area contributed by atoms with Gasteiger partial charge in [0.1, 0.15) is 36.8 Å². The molecule has 0 bridgehead atoms. The van der Waals surface area contributed by atoms with E-state index < -0.39 is 12.0 Å². The SMILES string of the molecule is Cc1c(COc2cc(OCc3cncc(C#N)c3)c(CN3CCCC[C@H]3C(=O)O)cc2Cl)cccc1-c1cccc(C(=O)N2CCN(C)CC2)c1C. The average Bonchev–Trinajstić information content (AvgIpc) is 3.15. The van der Waals surface area contributed by atoms with Crippen LogP contribution in [0.5, 0.6) is 11.5 Å². The van der Waals surface area contributed by atoms with Gasteiger partial charge in [-0.3, -0.25) is 19.5 Å². The van der Waals surface area contributed by atoms with E-state index in [1.807, 2.05) is 41.0 Å². The molecule has 3 aromatic carbocycles. The van der Waals surface area contributed by atoms with Crippen molar-refractivity contribution in [3.05, 3.63) is 111 Å². The zero-order chi connectivity index (χ0) is 36.8. The Balaban J connectivity index is 1.25. The van der Waals surface area contributed by atoms with Crippen molar-refractivity contribution in [3.8, 4) is 28.7 Å². The third kappa shape index (κ3) is 8.39. The number of carboxylic acid groups (broad SMARTS) is 1. The molecule has 52 heavy (non-hydrogen) atoms. The fraction of sp³-hybridized carbons (Fsp3) is 0.366. The first-order valence-electron chi connectivity index (χ1n) is 17.7. The number of piperazine rings is 1. The van der Waals surface area contributed by atoms with Crippen LogP contribution in [0.4, 0.5) is 0 Å². The van der Waals surface area contributed by atoms with E-state index in [1.54, 1.807) is 24.4 Å². The lowest BCUT2D eigenvalue weighted by atomic mass is 9.91. The highest BCUT2D eigenvalue weighted by Crippen LogP contribution is 2.37. The van der Waals surface area contributed by atoms with Crippen LogP contribution in [-0.4, -0.2) is 82.5 Å². The molecule has 1 atom stereocenters. The first kappa shape index (κ1) is 36.8. The molecule has 0 unspecified atom stereocenters. The molecule has 1 aromatic heterocycles. The summed E-state index contributed by atoms with van der Waals surface area (Å²) < 4.78 is 12.7. The number of carboxylic acids is 1. The molecule has 2 saturated heterocycles. The number of carbonyl (C=O) groups excluding carboxylic acids is 1. The Morgan fingerprint density at radius 1 is 0.904 bits per heavy atom. The van der Waals surface area contributed by atoms with E-state index >= 15 is 0 Å². The van der Waals surface area contributed by atoms with Gasteiger partial charge < -0.3 is 24.4 Å². The minimum absolute atomic E-state index is 0.0634.